The summed E-state index contributed by atoms with van der Waals surface area (Å²) in [4.78, 5) is 4.36. The summed E-state index contributed by atoms with van der Waals surface area (Å²) in [5, 5.41) is 3.96. The molecule has 0 atom stereocenters. The van der Waals surface area contributed by atoms with Gasteiger partial charge >= 0.3 is 0 Å². The van der Waals surface area contributed by atoms with Crippen molar-refractivity contribution in [1.82, 2.24) is 4.98 Å². The highest BCUT2D eigenvalue weighted by Crippen LogP contribution is 2.29. The number of benzene rings is 1. The second-order valence-corrected chi connectivity index (χ2v) is 6.22. The van der Waals surface area contributed by atoms with Gasteiger partial charge in [-0.05, 0) is 63.0 Å². The van der Waals surface area contributed by atoms with Gasteiger partial charge in [0.05, 0.1) is 24.5 Å². The van der Waals surface area contributed by atoms with Crippen LogP contribution in [0.3, 0.4) is 0 Å². The summed E-state index contributed by atoms with van der Waals surface area (Å²) in [5.74, 6) is 0.783. The lowest BCUT2D eigenvalue weighted by Gasteiger charge is -2.13. The van der Waals surface area contributed by atoms with Crippen molar-refractivity contribution in [1.29, 1.82) is 0 Å². The molecule has 0 amide bonds. The van der Waals surface area contributed by atoms with Crippen LogP contribution in [0.15, 0.2) is 39.4 Å². The first kappa shape index (κ1) is 15.6. The van der Waals surface area contributed by atoms with Crippen LogP contribution in [0.25, 0.3) is 0 Å². The van der Waals surface area contributed by atoms with Crippen LogP contribution in [0, 0.1) is 0 Å². The molecule has 0 saturated heterocycles. The average molecular weight is 421 g/mol. The van der Waals surface area contributed by atoms with E-state index in [0.29, 0.717) is 18.2 Å². The monoisotopic (exact) mass is 418 g/mol. The van der Waals surface area contributed by atoms with Gasteiger partial charge < -0.3 is 10.1 Å². The van der Waals surface area contributed by atoms with Gasteiger partial charge in [-0.1, -0.05) is 11.6 Å². The van der Waals surface area contributed by atoms with Crippen molar-refractivity contribution < 1.29 is 4.74 Å². The third-order valence-electron chi connectivity index (χ3n) is 2.57. The van der Waals surface area contributed by atoms with E-state index in [0.717, 1.165) is 26.1 Å². The van der Waals surface area contributed by atoms with Gasteiger partial charge in [0.15, 0.2) is 0 Å². The summed E-state index contributed by atoms with van der Waals surface area (Å²) >= 11 is 12.9. The predicted octanol–water partition coefficient (Wildman–Crippen LogP) is 5.27. The number of rotatable bonds is 5. The number of aromatic nitrogens is 1. The summed E-state index contributed by atoms with van der Waals surface area (Å²) in [6.45, 7) is 3.13. The first-order valence-corrected chi connectivity index (χ1v) is 8.02. The van der Waals surface area contributed by atoms with Gasteiger partial charge in [0.1, 0.15) is 5.75 Å². The molecular formula is C14H13Br2ClN2O. The lowest BCUT2D eigenvalue weighted by atomic mass is 10.2. The Bertz CT molecular complexity index is 608. The van der Waals surface area contributed by atoms with Crippen LogP contribution in [0.2, 0.25) is 5.02 Å². The van der Waals surface area contributed by atoms with Gasteiger partial charge in [-0.2, -0.15) is 0 Å². The van der Waals surface area contributed by atoms with E-state index in [1.165, 1.54) is 0 Å². The van der Waals surface area contributed by atoms with Crippen molar-refractivity contribution in [2.45, 2.75) is 13.5 Å². The maximum absolute atomic E-state index is 6.02. The van der Waals surface area contributed by atoms with Crippen LogP contribution < -0.4 is 10.1 Å². The van der Waals surface area contributed by atoms with E-state index in [4.69, 9.17) is 16.3 Å². The smallest absolute Gasteiger partial charge is 0.142 e. The molecule has 0 bridgehead atoms. The zero-order valence-corrected chi connectivity index (χ0v) is 14.7. The topological polar surface area (TPSA) is 34.1 Å². The molecule has 0 radical (unpaired) electrons. The fourth-order valence-electron chi connectivity index (χ4n) is 1.67. The molecular weight excluding hydrogens is 407 g/mol. The van der Waals surface area contributed by atoms with E-state index in [1.807, 2.05) is 31.2 Å². The minimum absolute atomic E-state index is 0.578. The number of nitrogens with zero attached hydrogens (tertiary/aromatic N) is 1. The minimum atomic E-state index is 0.578. The molecule has 1 aromatic carbocycles. The molecule has 0 aliphatic heterocycles. The maximum atomic E-state index is 6.02. The molecule has 1 N–H and O–H groups in total. The van der Waals surface area contributed by atoms with Gasteiger partial charge in [-0.3, -0.25) is 4.98 Å². The first-order chi connectivity index (χ1) is 9.60. The molecule has 0 aliphatic carbocycles. The van der Waals surface area contributed by atoms with Gasteiger partial charge in [0.2, 0.25) is 0 Å². The van der Waals surface area contributed by atoms with Gasteiger partial charge in [-0.15, -0.1) is 0 Å². The molecule has 0 aliphatic rings. The normalized spacial score (nSPS) is 10.4. The molecule has 6 heteroatoms. The van der Waals surface area contributed by atoms with Crippen LogP contribution in [0.1, 0.15) is 12.6 Å². The molecule has 1 aromatic heterocycles. The van der Waals surface area contributed by atoms with Crippen LogP contribution in [-0.2, 0) is 6.54 Å². The zero-order chi connectivity index (χ0) is 14.5. The molecule has 20 heavy (non-hydrogen) atoms. The van der Waals surface area contributed by atoms with Crippen molar-refractivity contribution in [3.05, 3.63) is 50.1 Å². The molecule has 0 spiro atoms. The second-order valence-electron chi connectivity index (χ2n) is 4.01. The Kier molecular flexibility index (Phi) is 5.69. The lowest BCUT2D eigenvalue weighted by molar-refractivity contribution is 0.341. The summed E-state index contributed by atoms with van der Waals surface area (Å²) in [7, 11) is 0. The Labute approximate surface area is 140 Å². The van der Waals surface area contributed by atoms with Crippen molar-refractivity contribution in [3.8, 4) is 5.75 Å². The Morgan fingerprint density at radius 2 is 2.10 bits per heavy atom. The minimum Gasteiger partial charge on any atom is -0.492 e. The highest BCUT2D eigenvalue weighted by Gasteiger charge is 2.07. The number of anilines is 1. The summed E-state index contributed by atoms with van der Waals surface area (Å²) in [6, 6.07) is 7.48. The molecule has 0 fully saturated rings. The van der Waals surface area contributed by atoms with Crippen molar-refractivity contribution in [2.24, 2.45) is 0 Å². The van der Waals surface area contributed by atoms with Crippen LogP contribution in [0.5, 0.6) is 5.75 Å². The average Bonchev–Trinajstić information content (AvgIpc) is 2.41. The van der Waals surface area contributed by atoms with Crippen LogP contribution in [-0.4, -0.2) is 11.6 Å². The number of halogens is 3. The Morgan fingerprint density at radius 1 is 1.30 bits per heavy atom. The quantitative estimate of drug-likeness (QED) is 0.715. The molecule has 1 heterocycles. The molecule has 3 nitrogen and oxygen atoms in total. The molecule has 0 saturated carbocycles. The van der Waals surface area contributed by atoms with E-state index in [1.54, 1.807) is 6.20 Å². The number of nitrogens with one attached hydrogen (secondary N) is 1. The third kappa shape index (κ3) is 4.11. The SMILES string of the molecule is CCOc1ccc(Cl)cc1NCc1ncc(Br)cc1Br. The van der Waals surface area contributed by atoms with Crippen LogP contribution >= 0.6 is 43.5 Å². The summed E-state index contributed by atoms with van der Waals surface area (Å²) < 4.78 is 7.45. The highest BCUT2D eigenvalue weighted by molar-refractivity contribution is 9.11. The van der Waals surface area contributed by atoms with E-state index in [-0.39, 0.29) is 0 Å². The van der Waals surface area contributed by atoms with Gasteiger partial charge in [0, 0.05) is 20.2 Å². The predicted molar refractivity (Wildman–Crippen MR) is 89.6 cm³/mol. The molecule has 2 rings (SSSR count). The number of hydrogen-bond donors (Lipinski definition) is 1. The van der Waals surface area contributed by atoms with Crippen molar-refractivity contribution in [3.63, 3.8) is 0 Å². The number of pyridine rings is 1. The van der Waals surface area contributed by atoms with E-state index < -0.39 is 0 Å². The second kappa shape index (κ2) is 7.29. The summed E-state index contributed by atoms with van der Waals surface area (Å²) in [6.07, 6.45) is 1.77. The van der Waals surface area contributed by atoms with Crippen molar-refractivity contribution >= 4 is 49.1 Å². The molecule has 0 unspecified atom stereocenters. The van der Waals surface area contributed by atoms with E-state index >= 15 is 0 Å². The van der Waals surface area contributed by atoms with E-state index in [2.05, 4.69) is 42.2 Å². The van der Waals surface area contributed by atoms with Crippen LogP contribution in [0.4, 0.5) is 5.69 Å². The Morgan fingerprint density at radius 3 is 2.80 bits per heavy atom. The Hall–Kier alpha value is -0.780. The highest BCUT2D eigenvalue weighted by atomic mass is 79.9. The molecule has 106 valence electrons. The number of hydrogen-bond acceptors (Lipinski definition) is 3. The standard InChI is InChI=1S/C14H13Br2ClN2O/c1-2-20-14-4-3-10(17)6-12(14)19-8-13-11(16)5-9(15)7-18-13/h3-7,19H,2,8H2,1H3. The third-order valence-corrected chi connectivity index (χ3v) is 3.93. The van der Waals surface area contributed by atoms with Crippen molar-refractivity contribution in [2.75, 3.05) is 11.9 Å². The fraction of sp³-hybridized carbons (Fsp3) is 0.214. The maximum Gasteiger partial charge on any atom is 0.142 e. The van der Waals surface area contributed by atoms with Gasteiger partial charge in [0.25, 0.3) is 0 Å². The largest absolute Gasteiger partial charge is 0.492 e. The number of ether oxygens (including phenoxy) is 1. The Balaban J connectivity index is 2.15. The fourth-order valence-corrected chi connectivity index (χ4v) is 2.97. The zero-order valence-electron chi connectivity index (χ0n) is 10.8. The lowest BCUT2D eigenvalue weighted by Crippen LogP contribution is -2.05. The van der Waals surface area contributed by atoms with E-state index in [9.17, 15) is 0 Å². The van der Waals surface area contributed by atoms with Gasteiger partial charge in [-0.25, -0.2) is 0 Å². The molecule has 2 aromatic rings. The first-order valence-electron chi connectivity index (χ1n) is 6.06. The summed E-state index contributed by atoms with van der Waals surface area (Å²) in [5.41, 5.74) is 1.77.